The zero-order chi connectivity index (χ0) is 20.5. The van der Waals surface area contributed by atoms with Gasteiger partial charge in [-0.15, -0.1) is 0 Å². The molecule has 152 valence electrons. The molecule has 3 heterocycles. The Labute approximate surface area is 163 Å². The van der Waals surface area contributed by atoms with E-state index in [1.807, 2.05) is 0 Å². The summed E-state index contributed by atoms with van der Waals surface area (Å²) in [6.45, 7) is -0.472. The number of benzene rings is 1. The van der Waals surface area contributed by atoms with Gasteiger partial charge in [0.05, 0.1) is 12.8 Å². The average molecular weight is 401 g/mol. The lowest BCUT2D eigenvalue weighted by molar-refractivity contribution is -0.0501. The predicted octanol–water partition coefficient (Wildman–Crippen LogP) is -0.828. The molecule has 1 saturated heterocycles. The maximum Gasteiger partial charge on any atom is 0.228 e. The molecular weight excluding hydrogens is 382 g/mol. The van der Waals surface area contributed by atoms with Crippen molar-refractivity contribution in [3.63, 3.8) is 0 Å². The molecule has 12 nitrogen and oxygen atoms in total. The van der Waals surface area contributed by atoms with Gasteiger partial charge < -0.3 is 30.9 Å². The Hall–Kier alpha value is -3.32. The second kappa shape index (κ2) is 7.60. The number of anilines is 2. The summed E-state index contributed by atoms with van der Waals surface area (Å²) < 4.78 is 6.99. The summed E-state index contributed by atoms with van der Waals surface area (Å²) in [6, 6.07) is 6.37. The van der Waals surface area contributed by atoms with E-state index in [4.69, 9.17) is 10.5 Å². The lowest BCUT2D eigenvalue weighted by Gasteiger charge is -2.18. The van der Waals surface area contributed by atoms with Gasteiger partial charge in [0.25, 0.3) is 0 Å². The van der Waals surface area contributed by atoms with Crippen LogP contribution in [0.15, 0.2) is 35.7 Å². The van der Waals surface area contributed by atoms with Crippen LogP contribution in [0.5, 0.6) is 5.75 Å². The fourth-order valence-corrected chi connectivity index (χ4v) is 3.06. The minimum atomic E-state index is -1.35. The molecule has 1 aromatic carbocycles. The van der Waals surface area contributed by atoms with Crippen LogP contribution in [-0.4, -0.2) is 71.1 Å². The summed E-state index contributed by atoms with van der Waals surface area (Å²) in [5.74, 6) is 0.387. The summed E-state index contributed by atoms with van der Waals surface area (Å²) in [5.41, 5.74) is 9.84. The Kier molecular flexibility index (Phi) is 4.98. The average Bonchev–Trinajstić information content (AvgIpc) is 3.22. The van der Waals surface area contributed by atoms with Crippen molar-refractivity contribution in [3.05, 3.63) is 36.2 Å². The predicted molar refractivity (Wildman–Crippen MR) is 102 cm³/mol. The van der Waals surface area contributed by atoms with Crippen molar-refractivity contribution >= 4 is 29.1 Å². The maximum atomic E-state index is 10.4. The zero-order valence-electron chi connectivity index (χ0n) is 15.0. The number of aromatic hydroxyl groups is 1. The van der Waals surface area contributed by atoms with Crippen LogP contribution in [0.1, 0.15) is 11.8 Å². The number of hydrogen-bond donors (Lipinski definition) is 6. The largest absolute Gasteiger partial charge is 0.508 e. The molecule has 2 aromatic heterocycles. The molecule has 4 atom stereocenters. The minimum absolute atomic E-state index is 0.117. The number of rotatable bonds is 5. The van der Waals surface area contributed by atoms with E-state index in [1.165, 1.54) is 29.2 Å². The van der Waals surface area contributed by atoms with Gasteiger partial charge in [0.15, 0.2) is 23.2 Å². The van der Waals surface area contributed by atoms with Gasteiger partial charge in [-0.2, -0.15) is 5.10 Å². The first kappa shape index (κ1) is 19.0. The van der Waals surface area contributed by atoms with Crippen molar-refractivity contribution in [2.45, 2.75) is 24.5 Å². The number of hydrogen-bond acceptors (Lipinski definition) is 11. The molecule has 4 rings (SSSR count). The quantitative estimate of drug-likeness (QED) is 0.233. The molecule has 0 saturated carbocycles. The highest BCUT2D eigenvalue weighted by molar-refractivity contribution is 5.84. The Morgan fingerprint density at radius 2 is 1.97 bits per heavy atom. The van der Waals surface area contributed by atoms with E-state index in [0.29, 0.717) is 5.56 Å². The second-order valence-corrected chi connectivity index (χ2v) is 6.43. The van der Waals surface area contributed by atoms with Crippen LogP contribution in [0, 0.1) is 0 Å². The van der Waals surface area contributed by atoms with Gasteiger partial charge in [-0.05, 0) is 29.8 Å². The van der Waals surface area contributed by atoms with E-state index in [9.17, 15) is 20.4 Å². The number of nitrogens with one attached hydrogen (secondary N) is 1. The molecule has 1 aliphatic heterocycles. The summed E-state index contributed by atoms with van der Waals surface area (Å²) in [4.78, 5) is 12.4. The van der Waals surface area contributed by atoms with E-state index < -0.39 is 31.1 Å². The van der Waals surface area contributed by atoms with Crippen LogP contribution in [0.4, 0.5) is 11.8 Å². The Bertz CT molecular complexity index is 1040. The number of nitrogen functional groups attached to an aromatic ring is 1. The number of aliphatic hydroxyl groups excluding tert-OH is 3. The molecule has 0 amide bonds. The fraction of sp³-hybridized carbons (Fsp3) is 0.294. The second-order valence-electron chi connectivity index (χ2n) is 6.43. The molecule has 0 radical (unpaired) electrons. The summed E-state index contributed by atoms with van der Waals surface area (Å²) in [5, 5.41) is 43.3. The van der Waals surface area contributed by atoms with Crippen LogP contribution >= 0.6 is 0 Å². The maximum absolute atomic E-state index is 10.4. The van der Waals surface area contributed by atoms with E-state index in [-0.39, 0.29) is 28.7 Å². The fourth-order valence-electron chi connectivity index (χ4n) is 3.06. The van der Waals surface area contributed by atoms with Gasteiger partial charge in [-0.25, -0.2) is 20.4 Å². The molecule has 1 aliphatic rings. The zero-order valence-corrected chi connectivity index (χ0v) is 15.0. The number of ether oxygens (including phenoxy) is 1. The molecule has 12 heteroatoms. The number of fused-ring (bicyclic) bond motifs is 1. The first-order chi connectivity index (χ1) is 14.0. The molecular formula is C17H19N7O5. The van der Waals surface area contributed by atoms with Crippen LogP contribution in [-0.2, 0) is 4.74 Å². The molecule has 3 aromatic rings. The lowest BCUT2D eigenvalue weighted by atomic mass is 10.1. The highest BCUT2D eigenvalue weighted by atomic mass is 16.6. The van der Waals surface area contributed by atoms with Crippen LogP contribution in [0.2, 0.25) is 0 Å². The third kappa shape index (κ3) is 3.45. The van der Waals surface area contributed by atoms with Crippen molar-refractivity contribution in [1.29, 1.82) is 0 Å². The summed E-state index contributed by atoms with van der Waals surface area (Å²) in [6.07, 6.45) is -1.97. The van der Waals surface area contributed by atoms with Crippen LogP contribution in [0.25, 0.3) is 11.2 Å². The van der Waals surface area contributed by atoms with Crippen molar-refractivity contribution in [2.24, 2.45) is 5.10 Å². The topological polar surface area (TPSA) is 184 Å². The van der Waals surface area contributed by atoms with Gasteiger partial charge >= 0.3 is 0 Å². The molecule has 29 heavy (non-hydrogen) atoms. The molecule has 0 spiro atoms. The number of hydrazone groups is 1. The van der Waals surface area contributed by atoms with Gasteiger partial charge in [-0.3, -0.25) is 4.57 Å². The number of imidazole rings is 1. The number of phenolic OH excluding ortho intramolecular Hbond substituents is 1. The van der Waals surface area contributed by atoms with Crippen molar-refractivity contribution in [3.8, 4) is 5.75 Å². The number of nitrogens with two attached hydrogens (primary N) is 1. The molecule has 1 fully saturated rings. The number of nitrogens with zero attached hydrogens (tertiary/aromatic N) is 5. The lowest BCUT2D eigenvalue weighted by Crippen LogP contribution is -2.33. The summed E-state index contributed by atoms with van der Waals surface area (Å²) >= 11 is 0. The molecule has 0 unspecified atom stereocenters. The normalized spacial score (nSPS) is 24.5. The number of aromatic nitrogens is 4. The summed E-state index contributed by atoms with van der Waals surface area (Å²) in [7, 11) is 0. The van der Waals surface area contributed by atoms with Gasteiger partial charge in [0, 0.05) is 0 Å². The van der Waals surface area contributed by atoms with E-state index in [1.54, 1.807) is 12.1 Å². The van der Waals surface area contributed by atoms with E-state index >= 15 is 0 Å². The van der Waals surface area contributed by atoms with Crippen LogP contribution < -0.4 is 11.2 Å². The third-order valence-corrected chi connectivity index (χ3v) is 4.55. The minimum Gasteiger partial charge on any atom is -0.508 e. The van der Waals surface area contributed by atoms with Crippen molar-refractivity contribution in [2.75, 3.05) is 17.8 Å². The highest BCUT2D eigenvalue weighted by Gasteiger charge is 2.45. The molecule has 0 bridgehead atoms. The van der Waals surface area contributed by atoms with Crippen LogP contribution in [0.3, 0.4) is 0 Å². The van der Waals surface area contributed by atoms with Crippen molar-refractivity contribution < 1.29 is 25.2 Å². The first-order valence-corrected chi connectivity index (χ1v) is 8.68. The Morgan fingerprint density at radius 3 is 2.66 bits per heavy atom. The third-order valence-electron chi connectivity index (χ3n) is 4.55. The van der Waals surface area contributed by atoms with Gasteiger partial charge in [0.1, 0.15) is 30.4 Å². The number of phenols is 1. The van der Waals surface area contributed by atoms with Crippen molar-refractivity contribution in [1.82, 2.24) is 19.5 Å². The standard InChI is InChI=1S/C17H19N7O5/c18-14-11-15(20-7-19-14)24(16-13(28)12(27)10(6-25)29-16)17(22-11)23-21-5-8-1-3-9(26)4-2-8/h1-5,7,10,12-13,16,25-28H,6H2,(H,22,23)(H2,18,19,20)/b21-5-/t10-,12+,13+,16-/m0/s1. The SMILES string of the molecule is Nc1ncnc2c1nc(N/N=C\c1ccc(O)cc1)n2[C@H]1O[C@@H](CO)[C@@H](O)[C@H]1O. The smallest absolute Gasteiger partial charge is 0.228 e. The Balaban J connectivity index is 1.71. The van der Waals surface area contributed by atoms with E-state index in [2.05, 4.69) is 25.5 Å². The monoisotopic (exact) mass is 401 g/mol. The van der Waals surface area contributed by atoms with Gasteiger partial charge in [0.2, 0.25) is 5.95 Å². The van der Waals surface area contributed by atoms with Gasteiger partial charge in [-0.1, -0.05) is 0 Å². The highest BCUT2D eigenvalue weighted by Crippen LogP contribution is 2.35. The Morgan fingerprint density at radius 1 is 1.21 bits per heavy atom. The first-order valence-electron chi connectivity index (χ1n) is 8.68. The molecule has 7 N–H and O–H groups in total. The number of aliphatic hydroxyl groups is 3. The van der Waals surface area contributed by atoms with E-state index in [0.717, 1.165) is 0 Å². The molecule has 0 aliphatic carbocycles.